The quantitative estimate of drug-likeness (QED) is 0.361. The molecule has 0 aliphatic carbocycles. The van der Waals surface area contributed by atoms with E-state index >= 15 is 0 Å². The second kappa shape index (κ2) is 11.5. The van der Waals surface area contributed by atoms with Gasteiger partial charge in [-0.3, -0.25) is 14.9 Å². The topological polar surface area (TPSA) is 93.4 Å². The van der Waals surface area contributed by atoms with E-state index in [1.165, 1.54) is 12.8 Å². The number of carbonyl (C=O) groups is 2. The summed E-state index contributed by atoms with van der Waals surface area (Å²) in [4.78, 5) is 23.7. The highest BCUT2D eigenvalue weighted by atomic mass is 79.9. The van der Waals surface area contributed by atoms with Crippen LogP contribution in [0.25, 0.3) is 0 Å². The molecule has 2 rings (SSSR count). The molecular weight excluding hydrogens is 454 g/mol. The molecule has 6 nitrogen and oxygen atoms in total. The van der Waals surface area contributed by atoms with E-state index in [4.69, 9.17) is 22.7 Å². The van der Waals surface area contributed by atoms with Gasteiger partial charge in [0, 0.05) is 16.8 Å². The lowest BCUT2D eigenvalue weighted by Gasteiger charge is -2.12. The van der Waals surface area contributed by atoms with Gasteiger partial charge >= 0.3 is 0 Å². The first kappa shape index (κ1) is 22.8. The highest BCUT2D eigenvalue weighted by Crippen LogP contribution is 2.26. The third-order valence-corrected chi connectivity index (χ3v) is 4.91. The second-order valence-corrected chi connectivity index (χ2v) is 7.67. The zero-order valence-electron chi connectivity index (χ0n) is 16.2. The number of unbranched alkanes of at least 4 members (excludes halogenated alkanes) is 3. The molecule has 0 unspecified atom stereocenters. The zero-order valence-corrected chi connectivity index (χ0v) is 18.6. The maximum Gasteiger partial charge on any atom is 0.257 e. The molecule has 0 heterocycles. The normalized spacial score (nSPS) is 10.3. The van der Waals surface area contributed by atoms with Gasteiger partial charge in [0.05, 0.1) is 11.1 Å². The molecule has 0 bridgehead atoms. The molecule has 0 aromatic heterocycles. The van der Waals surface area contributed by atoms with Gasteiger partial charge in [0.15, 0.2) is 5.11 Å². The van der Waals surface area contributed by atoms with Gasteiger partial charge in [0.2, 0.25) is 5.91 Å². The molecule has 0 atom stereocenters. The van der Waals surface area contributed by atoms with E-state index in [2.05, 4.69) is 33.5 Å². The Labute approximate surface area is 184 Å². The number of carbonyl (C=O) groups excluding carboxylic acids is 2. The van der Waals surface area contributed by atoms with Crippen molar-refractivity contribution in [2.45, 2.75) is 32.6 Å². The Morgan fingerprint density at radius 2 is 1.90 bits per heavy atom. The van der Waals surface area contributed by atoms with Gasteiger partial charge in [0.1, 0.15) is 5.75 Å². The molecule has 0 saturated heterocycles. The highest BCUT2D eigenvalue weighted by molar-refractivity contribution is 9.10. The van der Waals surface area contributed by atoms with Crippen LogP contribution >= 0.6 is 28.1 Å². The number of nitrogens with two attached hydrogens (primary N) is 1. The average Bonchev–Trinajstić information content (AvgIpc) is 2.68. The van der Waals surface area contributed by atoms with Gasteiger partial charge in [-0.15, -0.1) is 0 Å². The van der Waals surface area contributed by atoms with E-state index in [-0.39, 0.29) is 11.0 Å². The van der Waals surface area contributed by atoms with E-state index in [1.807, 2.05) is 0 Å². The Hall–Kier alpha value is -2.45. The number of rotatable bonds is 9. The summed E-state index contributed by atoms with van der Waals surface area (Å²) in [6, 6.07) is 11.7. The third kappa shape index (κ3) is 7.47. The summed E-state index contributed by atoms with van der Waals surface area (Å²) in [6.07, 6.45) is 4.52. The minimum Gasteiger partial charge on any atom is -0.492 e. The fourth-order valence-corrected chi connectivity index (χ4v) is 3.26. The fraction of sp³-hybridized carbons (Fsp3) is 0.286. The van der Waals surface area contributed by atoms with E-state index < -0.39 is 5.91 Å². The second-order valence-electron chi connectivity index (χ2n) is 6.41. The average molecular weight is 478 g/mol. The van der Waals surface area contributed by atoms with Crippen LogP contribution < -0.4 is 21.1 Å². The van der Waals surface area contributed by atoms with Crippen molar-refractivity contribution in [2.24, 2.45) is 5.73 Å². The van der Waals surface area contributed by atoms with Crippen molar-refractivity contribution in [3.8, 4) is 5.75 Å². The van der Waals surface area contributed by atoms with Gasteiger partial charge in [-0.1, -0.05) is 32.3 Å². The molecular formula is C21H24BrN3O3S. The molecule has 2 amide bonds. The molecule has 0 spiro atoms. The summed E-state index contributed by atoms with van der Waals surface area (Å²) in [5.74, 6) is -0.202. The first-order valence-corrected chi connectivity index (χ1v) is 10.6. The van der Waals surface area contributed by atoms with Crippen molar-refractivity contribution >= 4 is 50.8 Å². The summed E-state index contributed by atoms with van der Waals surface area (Å²) < 4.78 is 6.46. The summed E-state index contributed by atoms with van der Waals surface area (Å²) >= 11 is 8.62. The Morgan fingerprint density at radius 1 is 1.10 bits per heavy atom. The number of anilines is 1. The Morgan fingerprint density at radius 3 is 2.59 bits per heavy atom. The molecule has 0 fully saturated rings. The van der Waals surface area contributed by atoms with E-state index in [9.17, 15) is 9.59 Å². The van der Waals surface area contributed by atoms with Crippen LogP contribution in [-0.4, -0.2) is 23.5 Å². The maximum absolute atomic E-state index is 12.4. The van der Waals surface area contributed by atoms with Crippen molar-refractivity contribution in [3.05, 3.63) is 58.1 Å². The number of primary amides is 1. The Kier molecular flexibility index (Phi) is 9.08. The van der Waals surface area contributed by atoms with Gasteiger partial charge in [-0.2, -0.15) is 0 Å². The van der Waals surface area contributed by atoms with Crippen molar-refractivity contribution in [1.29, 1.82) is 0 Å². The van der Waals surface area contributed by atoms with E-state index in [1.54, 1.807) is 42.5 Å². The molecule has 0 saturated carbocycles. The number of hydrogen-bond acceptors (Lipinski definition) is 4. The molecule has 0 radical (unpaired) electrons. The van der Waals surface area contributed by atoms with Crippen LogP contribution in [0.4, 0.5) is 5.69 Å². The van der Waals surface area contributed by atoms with Crippen molar-refractivity contribution in [3.63, 3.8) is 0 Å². The lowest BCUT2D eigenvalue weighted by atomic mass is 10.2. The van der Waals surface area contributed by atoms with Gasteiger partial charge in [-0.25, -0.2) is 0 Å². The Balaban J connectivity index is 1.91. The van der Waals surface area contributed by atoms with Crippen LogP contribution in [0.5, 0.6) is 5.75 Å². The molecule has 0 aliphatic heterocycles. The minimum atomic E-state index is -0.541. The first-order chi connectivity index (χ1) is 13.9. The predicted molar refractivity (Wildman–Crippen MR) is 122 cm³/mol. The zero-order chi connectivity index (χ0) is 21.2. The van der Waals surface area contributed by atoms with Crippen molar-refractivity contribution in [2.75, 3.05) is 11.9 Å². The molecule has 2 aromatic rings. The fourth-order valence-electron chi connectivity index (χ4n) is 2.56. The highest BCUT2D eigenvalue weighted by Gasteiger charge is 2.11. The van der Waals surface area contributed by atoms with E-state index in [0.717, 1.165) is 12.8 Å². The monoisotopic (exact) mass is 477 g/mol. The van der Waals surface area contributed by atoms with Gasteiger partial charge < -0.3 is 15.8 Å². The van der Waals surface area contributed by atoms with Crippen LogP contribution in [-0.2, 0) is 0 Å². The largest absolute Gasteiger partial charge is 0.492 e. The van der Waals surface area contributed by atoms with Crippen LogP contribution in [0.1, 0.15) is 53.3 Å². The summed E-state index contributed by atoms with van der Waals surface area (Å²) in [5.41, 5.74) is 6.60. The van der Waals surface area contributed by atoms with Gasteiger partial charge in [0.25, 0.3) is 5.91 Å². The van der Waals surface area contributed by atoms with Crippen molar-refractivity contribution in [1.82, 2.24) is 5.32 Å². The number of amides is 2. The molecule has 4 N–H and O–H groups in total. The number of hydrogen-bond donors (Lipinski definition) is 3. The van der Waals surface area contributed by atoms with Crippen LogP contribution in [0, 0.1) is 0 Å². The molecule has 29 heavy (non-hydrogen) atoms. The number of halogens is 1. The molecule has 8 heteroatoms. The predicted octanol–water partition coefficient (Wildman–Crippen LogP) is 4.63. The molecule has 2 aromatic carbocycles. The number of benzene rings is 2. The van der Waals surface area contributed by atoms with Crippen LogP contribution in [0.3, 0.4) is 0 Å². The lowest BCUT2D eigenvalue weighted by molar-refractivity contribution is 0.0974. The number of thiocarbonyl (C=S) groups is 1. The Bertz CT molecular complexity index is 889. The maximum atomic E-state index is 12.4. The van der Waals surface area contributed by atoms with Crippen molar-refractivity contribution < 1.29 is 14.3 Å². The van der Waals surface area contributed by atoms with E-state index in [0.29, 0.717) is 33.6 Å². The summed E-state index contributed by atoms with van der Waals surface area (Å²) in [5, 5.41) is 5.59. The first-order valence-electron chi connectivity index (χ1n) is 9.35. The molecule has 0 aliphatic rings. The minimum absolute atomic E-state index is 0.115. The summed E-state index contributed by atoms with van der Waals surface area (Å²) in [7, 11) is 0. The van der Waals surface area contributed by atoms with Crippen LogP contribution in [0.2, 0.25) is 0 Å². The van der Waals surface area contributed by atoms with Crippen LogP contribution in [0.15, 0.2) is 46.9 Å². The number of ether oxygens (including phenoxy) is 1. The lowest BCUT2D eigenvalue weighted by Crippen LogP contribution is -2.34. The third-order valence-electron chi connectivity index (χ3n) is 4.08. The standard InChI is InChI=1S/C21H24BrN3O3S/c1-2-3-4-5-11-28-18-10-9-15(13-17(18)22)20(27)25-21(29)24-16-8-6-7-14(12-16)19(23)26/h6-10,12-13H,2-5,11H2,1H3,(H2,23,26)(H2,24,25,27,29). The molecule has 154 valence electrons. The smallest absolute Gasteiger partial charge is 0.257 e. The number of nitrogens with one attached hydrogen (secondary N) is 2. The SMILES string of the molecule is CCCCCCOc1ccc(C(=O)NC(=S)Nc2cccc(C(N)=O)c2)cc1Br. The summed E-state index contributed by atoms with van der Waals surface area (Å²) in [6.45, 7) is 2.81. The van der Waals surface area contributed by atoms with Gasteiger partial charge in [-0.05, 0) is 71.0 Å².